The minimum absolute atomic E-state index is 0. The molecule has 0 radical (unpaired) electrons. The van der Waals surface area contributed by atoms with Crippen LogP contribution < -0.4 is 28.7 Å². The molecule has 7 aromatic rings. The number of alkyl halides is 1. The van der Waals surface area contributed by atoms with Crippen LogP contribution in [0.4, 0.5) is 28.4 Å². The standard InChI is InChI=1S/C19H23NO.C13H18O2.C12H16O2.C8H8.2C6H8N2.C4H7BrO2.C4H4O2.14CH4/c1-14(17-6-4-3-5-7-17)12-15(2)19(21)13-16-8-10-18(20)11-9-16;1-10(9-11(2)13(14)15-3)12-7-5-4-6-8-12;1-9(8-10(2)12(13)14)11-6-4-3-5-7-11;1-2-8-6-4-3-5-7-8;2*7-5-1-2-6(8)4-3-5;1-3(5)4(6)7-2;1-3-2-4(5)6-3;;;;;;;;;;;;;;/h3-11,14-15H,12-13,20H2,1-2H3;4-8,10-11H,9H2,1-3H3;3-7,9-10H,8H2,1-2H3,(H,13,14);2-7H,1H2;2*1-4H,7-8H2;3H,1-2H3;1-2H2;14*1H4. The number of carbonyl (C=O) groups excluding carboxylic acids is 4. The van der Waals surface area contributed by atoms with Gasteiger partial charge in [-0.25, -0.2) is 0 Å². The molecular weight excluding hydrogens is 1330 g/mol. The quantitative estimate of drug-likeness (QED) is 0.0228. The van der Waals surface area contributed by atoms with Crippen molar-refractivity contribution in [2.75, 3.05) is 42.9 Å². The Morgan fingerprint density at radius 1 is 0.446 bits per heavy atom. The lowest BCUT2D eigenvalue weighted by atomic mass is 9.87. The predicted octanol–water partition coefficient (Wildman–Crippen LogP) is 24.4. The number of hydrogen-bond donors (Lipinski definition) is 6. The van der Waals surface area contributed by atoms with Crippen molar-refractivity contribution in [1.82, 2.24) is 0 Å². The number of nitrogen functional groups attached to an aromatic ring is 5. The first-order valence-corrected chi connectivity index (χ1v) is 29.5. The van der Waals surface area contributed by atoms with Gasteiger partial charge in [0.15, 0.2) is 0 Å². The largest absolute Gasteiger partial charge is 0.481 e. The molecule has 1 saturated heterocycles. The second kappa shape index (κ2) is 72.3. The Balaban J connectivity index is -0.0000000722. The molecule has 7 unspecified atom stereocenters. The smallest absolute Gasteiger partial charge is 0.319 e. The lowest BCUT2D eigenvalue weighted by Gasteiger charge is -2.17. The van der Waals surface area contributed by atoms with Gasteiger partial charge in [-0.05, 0) is 132 Å². The number of methoxy groups -OCH3 is 2. The van der Waals surface area contributed by atoms with Gasteiger partial charge in [-0.3, -0.25) is 24.0 Å². The van der Waals surface area contributed by atoms with Gasteiger partial charge in [-0.2, -0.15) is 0 Å². The Morgan fingerprint density at radius 3 is 0.911 bits per heavy atom. The van der Waals surface area contributed by atoms with Crippen molar-refractivity contribution in [3.8, 4) is 0 Å². The third-order valence-electron chi connectivity index (χ3n) is 13.2. The van der Waals surface area contributed by atoms with Crippen molar-refractivity contribution in [3.63, 3.8) is 0 Å². The summed E-state index contributed by atoms with van der Waals surface area (Å²) < 4.78 is 13.3. The molecule has 0 spiro atoms. The molecule has 1 aliphatic heterocycles. The van der Waals surface area contributed by atoms with Crippen LogP contribution in [0.3, 0.4) is 0 Å². The molecule has 578 valence electrons. The van der Waals surface area contributed by atoms with Crippen LogP contribution in [0.5, 0.6) is 0 Å². The lowest BCUT2D eigenvalue weighted by molar-refractivity contribution is -0.148. The SMILES string of the molecule is C.C.C.C.C.C.C.C.C.C.C.C.C.C.C=C1CC(=O)O1.C=Cc1ccccc1.CC(CC(C)c1ccccc1)C(=O)Cc1ccc(N)cc1.CC(CC(C)c1ccccc1)C(=O)O.COC(=O)C(C)Br.COC(=O)C(C)CC(C)c1ccccc1.Nc1ccc(N)cc1.Nc1ccc(N)cc1. The summed E-state index contributed by atoms with van der Waals surface area (Å²) in [5, 5.41) is 8.78. The highest BCUT2D eigenvalue weighted by atomic mass is 79.9. The molecule has 0 aliphatic carbocycles. The molecule has 0 bridgehead atoms. The summed E-state index contributed by atoms with van der Waals surface area (Å²) >= 11 is 3.03. The van der Waals surface area contributed by atoms with E-state index in [-0.39, 0.29) is 144 Å². The van der Waals surface area contributed by atoms with Crippen molar-refractivity contribution < 1.29 is 43.3 Å². The molecule has 7 atom stereocenters. The first-order valence-electron chi connectivity index (χ1n) is 28.6. The molecule has 7 aromatic carbocycles. The van der Waals surface area contributed by atoms with Crippen molar-refractivity contribution >= 4 is 80.1 Å². The summed E-state index contributed by atoms with van der Waals surface area (Å²) in [6.07, 6.45) is 5.15. The molecule has 11 N–H and O–H groups in total. The first kappa shape index (κ1) is 125. The molecule has 1 aliphatic rings. The maximum Gasteiger partial charge on any atom is 0.319 e. The van der Waals surface area contributed by atoms with E-state index in [1.807, 2.05) is 141 Å². The van der Waals surface area contributed by atoms with E-state index in [2.05, 4.69) is 83.6 Å². The third kappa shape index (κ3) is 58.5. The number of hydrogen-bond acceptors (Lipinski definition) is 13. The van der Waals surface area contributed by atoms with Crippen molar-refractivity contribution in [2.45, 2.75) is 207 Å². The van der Waals surface area contributed by atoms with Gasteiger partial charge < -0.3 is 48.0 Å². The number of halogens is 1. The van der Waals surface area contributed by atoms with Gasteiger partial charge in [0, 0.05) is 40.8 Å². The van der Waals surface area contributed by atoms with Gasteiger partial charge in [0.05, 0.1) is 26.1 Å². The van der Waals surface area contributed by atoms with Gasteiger partial charge in [0.25, 0.3) is 0 Å². The van der Waals surface area contributed by atoms with Crippen LogP contribution in [0.2, 0.25) is 0 Å². The van der Waals surface area contributed by atoms with Gasteiger partial charge >= 0.3 is 23.9 Å². The number of carbonyl (C=O) groups is 5. The Hall–Kier alpha value is -8.95. The van der Waals surface area contributed by atoms with E-state index in [0.29, 0.717) is 48.6 Å². The number of esters is 3. The monoisotopic (exact) mass is 1470 g/mol. The molecule has 8 rings (SSSR count). The van der Waals surface area contributed by atoms with Gasteiger partial charge in [-0.15, -0.1) is 0 Å². The number of rotatable bonds is 16. The zero-order chi connectivity index (χ0) is 65.3. The predicted molar refractivity (Wildman–Crippen MR) is 457 cm³/mol. The van der Waals surface area contributed by atoms with E-state index in [9.17, 15) is 24.0 Å². The highest BCUT2D eigenvalue weighted by Gasteiger charge is 2.20. The second-order valence-electron chi connectivity index (χ2n) is 20.9. The number of carboxylic acids is 1. The summed E-state index contributed by atoms with van der Waals surface area (Å²) in [6.45, 7) is 20.8. The number of cyclic esters (lactones) is 1. The zero-order valence-electron chi connectivity index (χ0n) is 52.0. The normalized spacial score (nSPS) is 11.1. The average Bonchev–Trinajstić information content (AvgIpc) is 0.904. The number of ketones is 1. The number of nitrogens with two attached hydrogens (primary N) is 5. The Morgan fingerprint density at radius 2 is 0.703 bits per heavy atom. The summed E-state index contributed by atoms with van der Waals surface area (Å²) in [4.78, 5) is 54.1. The van der Waals surface area contributed by atoms with Crippen LogP contribution in [0.1, 0.15) is 224 Å². The lowest BCUT2D eigenvalue weighted by Crippen LogP contribution is -2.16. The fourth-order valence-corrected chi connectivity index (χ4v) is 8.13. The van der Waals surface area contributed by atoms with Crippen LogP contribution in [0.15, 0.2) is 213 Å². The molecule has 1 fully saturated rings. The average molecular weight is 1480 g/mol. The fraction of sp³-hybridized carbons (Fsp3) is 0.407. The first-order chi connectivity index (χ1) is 41.3. The summed E-state index contributed by atoms with van der Waals surface area (Å²) in [6, 6.07) is 62.4. The molecule has 15 heteroatoms. The molecule has 101 heavy (non-hydrogen) atoms. The van der Waals surface area contributed by atoms with E-state index < -0.39 is 5.97 Å². The van der Waals surface area contributed by atoms with E-state index in [1.165, 1.54) is 36.5 Å². The summed E-state index contributed by atoms with van der Waals surface area (Å²) in [7, 11) is 2.80. The summed E-state index contributed by atoms with van der Waals surface area (Å²) in [5.74, 6) is 0.487. The third-order valence-corrected chi connectivity index (χ3v) is 13.6. The maximum absolute atomic E-state index is 12.3. The minimum atomic E-state index is -0.715. The van der Waals surface area contributed by atoms with Crippen LogP contribution in [-0.2, 0) is 44.6 Å². The van der Waals surface area contributed by atoms with E-state index in [1.54, 1.807) is 62.4 Å². The molecule has 1 heterocycles. The van der Waals surface area contributed by atoms with Gasteiger partial charge in [-0.1, -0.05) is 314 Å². The fourth-order valence-electron chi connectivity index (χ4n) is 7.94. The number of benzene rings is 7. The Labute approximate surface area is 628 Å². The minimum Gasteiger partial charge on any atom is -0.481 e. The van der Waals surface area contributed by atoms with E-state index in [4.69, 9.17) is 38.5 Å². The number of anilines is 5. The molecule has 14 nitrogen and oxygen atoms in total. The maximum atomic E-state index is 12.3. The number of ether oxygens (including phenoxy) is 3. The van der Waals surface area contributed by atoms with Crippen molar-refractivity contribution in [1.29, 1.82) is 0 Å². The topological polar surface area (TPSA) is 263 Å². The van der Waals surface area contributed by atoms with Gasteiger partial charge in [0.1, 0.15) is 22.8 Å². The zero-order valence-corrected chi connectivity index (χ0v) is 53.6. The molecule has 0 amide bonds. The highest BCUT2D eigenvalue weighted by molar-refractivity contribution is 9.10. The van der Waals surface area contributed by atoms with Crippen LogP contribution in [0.25, 0.3) is 6.08 Å². The summed E-state index contributed by atoms with van der Waals surface area (Å²) in [5.41, 5.74) is 36.9. The van der Waals surface area contributed by atoms with Crippen LogP contribution in [-0.4, -0.2) is 53.8 Å². The van der Waals surface area contributed by atoms with Gasteiger partial charge in [0.2, 0.25) is 0 Å². The molecule has 0 saturated carbocycles. The van der Waals surface area contributed by atoms with E-state index in [0.717, 1.165) is 46.8 Å². The number of carboxylic acid groups (broad SMARTS) is 1. The molecule has 0 aromatic heterocycles. The van der Waals surface area contributed by atoms with E-state index >= 15 is 0 Å². The van der Waals surface area contributed by atoms with Crippen molar-refractivity contribution in [3.05, 3.63) is 241 Å². The Kier molecular flexibility index (Phi) is 89.7. The second-order valence-corrected chi connectivity index (χ2v) is 22.2. The highest BCUT2D eigenvalue weighted by Crippen LogP contribution is 2.26. The van der Waals surface area contributed by atoms with Crippen LogP contribution in [0, 0.1) is 17.8 Å². The number of Topliss-reactive ketones (excluding diaryl/α,β-unsaturated/α-hetero) is 1. The Bertz CT molecular complexity index is 2940. The van der Waals surface area contributed by atoms with Crippen molar-refractivity contribution in [2.24, 2.45) is 17.8 Å². The molecular formula is C86H148BrN5O9. The van der Waals surface area contributed by atoms with Crippen LogP contribution >= 0.6 is 15.9 Å². The number of aliphatic carboxylic acids is 1.